The van der Waals surface area contributed by atoms with Crippen LogP contribution in [0.3, 0.4) is 0 Å². The molecule has 0 aliphatic heterocycles. The quantitative estimate of drug-likeness (QED) is 0.111. The minimum atomic E-state index is -2.16. The van der Waals surface area contributed by atoms with Crippen LogP contribution in [0.15, 0.2) is 170 Å². The van der Waals surface area contributed by atoms with Crippen LogP contribution < -0.4 is 9.80 Å². The number of para-hydroxylation sites is 2. The summed E-state index contributed by atoms with van der Waals surface area (Å²) < 4.78 is -0.134. The number of benzene rings is 9. The Hall–Kier alpha value is -6.21. The van der Waals surface area contributed by atoms with Crippen LogP contribution in [0.1, 0.15) is 33.4 Å². The SMILES string of the molecule is Cc1cc(C)cc(N(c2ccccc2)c2ccc3c4c(c5ccccc5c3c2)-c2c(cc(N(c3ccccc3)c3cc(C)cc(C)c3)c3ccccc23)C4([Si](C)(C)C)[Si](C)(C)C)c1. The lowest BCUT2D eigenvalue weighted by atomic mass is 9.89. The Morgan fingerprint density at radius 3 is 1.30 bits per heavy atom. The van der Waals surface area contributed by atoms with E-state index in [4.69, 9.17) is 0 Å². The summed E-state index contributed by atoms with van der Waals surface area (Å²) in [6.45, 7) is 24.8. The third-order valence-electron chi connectivity index (χ3n) is 13.8. The maximum atomic E-state index is 2.67. The molecule has 0 fully saturated rings. The maximum Gasteiger partial charge on any atom is 0.0579 e. The highest BCUT2D eigenvalue weighted by Gasteiger charge is 2.60. The van der Waals surface area contributed by atoms with E-state index >= 15 is 0 Å². The lowest BCUT2D eigenvalue weighted by molar-refractivity contribution is 0.963. The molecule has 0 bridgehead atoms. The molecule has 1 aliphatic rings. The molecule has 0 unspecified atom stereocenters. The van der Waals surface area contributed by atoms with Gasteiger partial charge >= 0.3 is 0 Å². The molecule has 1 aliphatic carbocycles. The second-order valence-electron chi connectivity index (χ2n) is 20.2. The maximum absolute atomic E-state index is 2.67. The summed E-state index contributed by atoms with van der Waals surface area (Å²) in [6, 6.07) is 64.5. The first-order valence-electron chi connectivity index (χ1n) is 22.6. The normalized spacial score (nSPS) is 13.4. The molecule has 0 N–H and O–H groups in total. The molecule has 2 nitrogen and oxygen atoms in total. The number of hydrogen-bond donors (Lipinski definition) is 0. The first kappa shape index (κ1) is 40.8. The Kier molecular flexibility index (Phi) is 9.70. The first-order valence-corrected chi connectivity index (χ1v) is 29.6. The number of nitrogens with zero attached hydrogens (tertiary/aromatic N) is 2. The van der Waals surface area contributed by atoms with Gasteiger partial charge in [0.15, 0.2) is 0 Å². The van der Waals surface area contributed by atoms with Gasteiger partial charge in [-0.3, -0.25) is 0 Å². The molecular formula is C59H58N2Si2. The molecule has 312 valence electrons. The van der Waals surface area contributed by atoms with Gasteiger partial charge in [-0.1, -0.05) is 142 Å². The molecule has 0 atom stereocenters. The summed E-state index contributed by atoms with van der Waals surface area (Å²) in [7, 11) is -4.32. The van der Waals surface area contributed by atoms with Crippen LogP contribution in [0.4, 0.5) is 34.1 Å². The fraction of sp³-hybridized carbons (Fsp3) is 0.186. The number of hydrogen-bond acceptors (Lipinski definition) is 2. The summed E-state index contributed by atoms with van der Waals surface area (Å²) in [5, 5.41) is 7.98. The predicted octanol–water partition coefficient (Wildman–Crippen LogP) is 17.3. The van der Waals surface area contributed by atoms with E-state index in [9.17, 15) is 0 Å². The highest BCUT2D eigenvalue weighted by atomic mass is 28.4. The largest absolute Gasteiger partial charge is 0.310 e. The zero-order chi connectivity index (χ0) is 44.0. The van der Waals surface area contributed by atoms with Crippen molar-refractivity contribution in [1.82, 2.24) is 0 Å². The topological polar surface area (TPSA) is 6.48 Å². The molecule has 10 rings (SSSR count). The second-order valence-corrected chi connectivity index (χ2v) is 31.2. The van der Waals surface area contributed by atoms with Gasteiger partial charge in [-0.25, -0.2) is 0 Å². The average molecular weight is 851 g/mol. The van der Waals surface area contributed by atoms with Crippen LogP contribution in [-0.4, -0.2) is 16.1 Å². The van der Waals surface area contributed by atoms with E-state index in [1.807, 2.05) is 0 Å². The summed E-state index contributed by atoms with van der Waals surface area (Å²) in [5.74, 6) is 0. The van der Waals surface area contributed by atoms with Crippen molar-refractivity contribution in [1.29, 1.82) is 0 Å². The molecule has 0 amide bonds. The van der Waals surface area contributed by atoms with E-state index in [-0.39, 0.29) is 4.66 Å². The van der Waals surface area contributed by atoms with Crippen LogP contribution in [0.25, 0.3) is 43.4 Å². The van der Waals surface area contributed by atoms with Crippen molar-refractivity contribution in [2.75, 3.05) is 9.80 Å². The van der Waals surface area contributed by atoms with Gasteiger partial charge in [-0.2, -0.15) is 0 Å². The highest BCUT2D eigenvalue weighted by molar-refractivity contribution is 7.00. The molecule has 0 aromatic heterocycles. The first-order chi connectivity index (χ1) is 30.2. The van der Waals surface area contributed by atoms with Crippen molar-refractivity contribution in [2.45, 2.75) is 71.6 Å². The van der Waals surface area contributed by atoms with Crippen LogP contribution in [0.2, 0.25) is 39.3 Å². The van der Waals surface area contributed by atoms with Gasteiger partial charge in [0, 0.05) is 38.5 Å². The fourth-order valence-electron chi connectivity index (χ4n) is 12.1. The molecule has 0 heterocycles. The van der Waals surface area contributed by atoms with Gasteiger partial charge in [0.25, 0.3) is 0 Å². The van der Waals surface area contributed by atoms with Gasteiger partial charge in [0.2, 0.25) is 0 Å². The predicted molar refractivity (Wildman–Crippen MR) is 280 cm³/mol. The highest BCUT2D eigenvalue weighted by Crippen LogP contribution is 2.64. The Labute approximate surface area is 376 Å². The van der Waals surface area contributed by atoms with Crippen LogP contribution in [0, 0.1) is 27.7 Å². The third-order valence-corrected chi connectivity index (χ3v) is 23.8. The molecule has 0 spiro atoms. The van der Waals surface area contributed by atoms with Crippen molar-refractivity contribution in [2.24, 2.45) is 0 Å². The molecule has 9 aromatic carbocycles. The molecule has 0 radical (unpaired) electrons. The Bertz CT molecular complexity index is 3190. The monoisotopic (exact) mass is 850 g/mol. The van der Waals surface area contributed by atoms with E-state index in [1.165, 1.54) is 99.7 Å². The van der Waals surface area contributed by atoms with Crippen molar-refractivity contribution in [3.05, 3.63) is 203 Å². The molecule has 4 heteroatoms. The standard InChI is InChI=1S/C59H58N2Si2/c1-39-31-40(2)34-46(33-39)60(43-21-13-11-14-22-43)45-29-30-52-53(37-45)48-25-17-19-27-50(48)57-56-51-28-20-18-26-49(51)55(38-54(56)59(58(52)57,62(5,6)7)63(8,9)10)61(44-23-15-12-16-24-44)47-35-41(3)32-42(4)36-47/h11-38H,1-10H3. The Morgan fingerprint density at radius 2 is 0.778 bits per heavy atom. The summed E-state index contributed by atoms with van der Waals surface area (Å²) in [5.41, 5.74) is 18.2. The van der Waals surface area contributed by atoms with Crippen molar-refractivity contribution in [3.8, 4) is 11.1 Å². The Morgan fingerprint density at radius 1 is 0.333 bits per heavy atom. The minimum Gasteiger partial charge on any atom is -0.310 e. The zero-order valence-electron chi connectivity index (χ0n) is 38.6. The molecule has 63 heavy (non-hydrogen) atoms. The van der Waals surface area contributed by atoms with E-state index < -0.39 is 16.1 Å². The van der Waals surface area contributed by atoms with E-state index in [0.717, 1.165) is 5.69 Å². The number of aryl methyl sites for hydroxylation is 4. The molecule has 9 aromatic rings. The van der Waals surface area contributed by atoms with Crippen LogP contribution in [-0.2, 0) is 4.66 Å². The van der Waals surface area contributed by atoms with Crippen LogP contribution >= 0.6 is 0 Å². The van der Waals surface area contributed by atoms with Gasteiger partial charge in [-0.05, 0) is 166 Å². The van der Waals surface area contributed by atoms with Crippen molar-refractivity contribution >= 4 is 82.6 Å². The van der Waals surface area contributed by atoms with Gasteiger partial charge in [0.05, 0.1) is 21.8 Å². The number of anilines is 6. The van der Waals surface area contributed by atoms with E-state index in [0.29, 0.717) is 0 Å². The molecule has 0 saturated carbocycles. The van der Waals surface area contributed by atoms with Crippen LogP contribution in [0.5, 0.6) is 0 Å². The minimum absolute atomic E-state index is 0.134. The molecule has 0 saturated heterocycles. The lowest BCUT2D eigenvalue weighted by Gasteiger charge is -2.52. The third kappa shape index (κ3) is 6.40. The van der Waals surface area contributed by atoms with Gasteiger partial charge in [-0.15, -0.1) is 0 Å². The smallest absolute Gasteiger partial charge is 0.0579 e. The van der Waals surface area contributed by atoms with Gasteiger partial charge in [0.1, 0.15) is 0 Å². The van der Waals surface area contributed by atoms with E-state index in [2.05, 4.69) is 247 Å². The summed E-state index contributed by atoms with van der Waals surface area (Å²) in [4.78, 5) is 4.99. The second kappa shape index (κ2) is 15.0. The lowest BCUT2D eigenvalue weighted by Crippen LogP contribution is -2.63. The number of fused-ring (bicyclic) bond motifs is 10. The number of rotatable bonds is 8. The van der Waals surface area contributed by atoms with Gasteiger partial charge < -0.3 is 9.80 Å². The molecular weight excluding hydrogens is 793 g/mol. The fourth-order valence-corrected chi connectivity index (χ4v) is 25.1. The van der Waals surface area contributed by atoms with Crippen molar-refractivity contribution < 1.29 is 0 Å². The average Bonchev–Trinajstić information content (AvgIpc) is 3.58. The van der Waals surface area contributed by atoms with E-state index in [1.54, 1.807) is 5.56 Å². The summed E-state index contributed by atoms with van der Waals surface area (Å²) >= 11 is 0. The van der Waals surface area contributed by atoms with Crippen molar-refractivity contribution in [3.63, 3.8) is 0 Å². The zero-order valence-corrected chi connectivity index (χ0v) is 40.6. The summed E-state index contributed by atoms with van der Waals surface area (Å²) in [6.07, 6.45) is 0. The Balaban J connectivity index is 1.35.